The molecule has 0 unspecified atom stereocenters. The summed E-state index contributed by atoms with van der Waals surface area (Å²) in [5.41, 5.74) is 2.57. The van der Waals surface area contributed by atoms with E-state index in [-0.39, 0.29) is 17.6 Å². The highest BCUT2D eigenvalue weighted by Crippen LogP contribution is 2.42. The second-order valence-corrected chi connectivity index (χ2v) is 7.93. The van der Waals surface area contributed by atoms with Gasteiger partial charge in [-0.2, -0.15) is 0 Å². The Bertz CT molecular complexity index is 1270. The summed E-state index contributed by atoms with van der Waals surface area (Å²) in [7, 11) is 0. The van der Waals surface area contributed by atoms with Gasteiger partial charge in [-0.05, 0) is 38.0 Å². The molecule has 0 saturated heterocycles. The molecule has 1 aromatic carbocycles. The summed E-state index contributed by atoms with van der Waals surface area (Å²) in [6.45, 7) is 15.3. The minimum Gasteiger partial charge on any atom is -0.427 e. The van der Waals surface area contributed by atoms with Gasteiger partial charge in [-0.15, -0.1) is 0 Å². The maximum Gasteiger partial charge on any atom is 0.308 e. The fourth-order valence-electron chi connectivity index (χ4n) is 3.51. The van der Waals surface area contributed by atoms with Crippen molar-refractivity contribution in [2.24, 2.45) is 0 Å². The van der Waals surface area contributed by atoms with Gasteiger partial charge in [-0.25, -0.2) is 9.83 Å². The molecular weight excluding hydrogens is 444 g/mol. The number of ether oxygens (including phenoxy) is 3. The van der Waals surface area contributed by atoms with E-state index in [4.69, 9.17) is 33.0 Å². The van der Waals surface area contributed by atoms with E-state index >= 15 is 0 Å². The zero-order chi connectivity index (χ0) is 24.1. The van der Waals surface area contributed by atoms with Crippen LogP contribution in [0.15, 0.2) is 24.5 Å². The third-order valence-corrected chi connectivity index (χ3v) is 4.90. The predicted octanol–water partition coefficient (Wildman–Crippen LogP) is 4.98. The van der Waals surface area contributed by atoms with Crippen LogP contribution in [0.5, 0.6) is 11.5 Å². The summed E-state index contributed by atoms with van der Waals surface area (Å²) in [6, 6.07) is 4.68. The molecule has 0 radical (unpaired) electrons. The highest BCUT2D eigenvalue weighted by atomic mass is 32.1. The molecule has 33 heavy (non-hydrogen) atoms. The number of benzene rings is 1. The van der Waals surface area contributed by atoms with Crippen molar-refractivity contribution in [2.75, 3.05) is 6.61 Å². The van der Waals surface area contributed by atoms with Crippen LogP contribution in [0.3, 0.4) is 0 Å². The molecule has 0 bridgehead atoms. The molecule has 0 fully saturated rings. The molecule has 0 aliphatic rings. The molecule has 2 aromatic heterocycles. The number of H-pyrrole nitrogens is 1. The van der Waals surface area contributed by atoms with Gasteiger partial charge in [0.2, 0.25) is 5.69 Å². The number of carbonyl (C=O) groups excluding carboxylic acids is 2. The van der Waals surface area contributed by atoms with Gasteiger partial charge in [-0.3, -0.25) is 9.59 Å². The molecule has 3 rings (SSSR count). The molecule has 1 N–H and O–H groups in total. The number of hydrogen-bond donors (Lipinski definition) is 1. The molecule has 0 spiro atoms. The van der Waals surface area contributed by atoms with Gasteiger partial charge in [0, 0.05) is 33.1 Å². The Hall–Kier alpha value is -3.55. The molecule has 0 aliphatic heterocycles. The molecule has 0 aliphatic carbocycles. The summed E-state index contributed by atoms with van der Waals surface area (Å²) in [6.07, 6.45) is 2.21. The number of rotatable bonds is 8. The molecule has 0 saturated carbocycles. The number of aryl methyl sites for hydroxylation is 1. The average molecular weight is 469 g/mol. The maximum absolute atomic E-state index is 11.6. The van der Waals surface area contributed by atoms with Crippen LogP contribution < -0.4 is 9.47 Å². The van der Waals surface area contributed by atoms with Crippen LogP contribution in [0.1, 0.15) is 34.1 Å². The van der Waals surface area contributed by atoms with Crippen molar-refractivity contribution in [3.63, 3.8) is 0 Å². The van der Waals surface area contributed by atoms with Crippen molar-refractivity contribution >= 4 is 40.9 Å². The van der Waals surface area contributed by atoms with Gasteiger partial charge in [0.05, 0.1) is 35.7 Å². The Morgan fingerprint density at radius 2 is 1.82 bits per heavy atom. The van der Waals surface area contributed by atoms with Gasteiger partial charge < -0.3 is 23.8 Å². The van der Waals surface area contributed by atoms with Crippen LogP contribution in [0, 0.1) is 11.2 Å². The third kappa shape index (κ3) is 5.63. The number of nitrogens with one attached hydrogen (secondary N) is 1. The first kappa shape index (κ1) is 24.1. The van der Waals surface area contributed by atoms with Crippen molar-refractivity contribution in [3.8, 4) is 22.8 Å². The van der Waals surface area contributed by atoms with Crippen LogP contribution >= 0.6 is 12.2 Å². The van der Waals surface area contributed by atoms with Gasteiger partial charge in [0.1, 0.15) is 11.5 Å². The smallest absolute Gasteiger partial charge is 0.308 e. The SMILES string of the molecule is [C-]#[N+]c1c(-c2cc(OC(C)=O)cc(OC(C)=O)c2)n(CCCOC(C)C)c2c(=S)nc[nH]c12. The first-order valence-corrected chi connectivity index (χ1v) is 10.7. The van der Waals surface area contributed by atoms with E-state index in [0.717, 1.165) is 0 Å². The lowest BCUT2D eigenvalue weighted by Gasteiger charge is -2.15. The second-order valence-electron chi connectivity index (χ2n) is 7.55. The quantitative estimate of drug-likeness (QED) is 0.164. The van der Waals surface area contributed by atoms with Gasteiger partial charge in [-0.1, -0.05) is 12.2 Å². The Balaban J connectivity index is 2.24. The molecular formula is C23H24N4O5S. The van der Waals surface area contributed by atoms with Crippen molar-refractivity contribution in [2.45, 2.75) is 46.8 Å². The predicted molar refractivity (Wildman–Crippen MR) is 125 cm³/mol. The van der Waals surface area contributed by atoms with Crippen molar-refractivity contribution in [1.82, 2.24) is 14.5 Å². The monoisotopic (exact) mass is 468 g/mol. The summed E-state index contributed by atoms with van der Waals surface area (Å²) < 4.78 is 18.4. The van der Waals surface area contributed by atoms with E-state index in [0.29, 0.717) is 52.2 Å². The minimum absolute atomic E-state index is 0.0980. The molecule has 172 valence electrons. The first-order chi connectivity index (χ1) is 15.7. The Labute approximate surface area is 196 Å². The summed E-state index contributed by atoms with van der Waals surface area (Å²) >= 11 is 5.47. The average Bonchev–Trinajstić information content (AvgIpc) is 3.04. The van der Waals surface area contributed by atoms with Crippen LogP contribution in [0.25, 0.3) is 27.1 Å². The first-order valence-electron chi connectivity index (χ1n) is 10.3. The summed E-state index contributed by atoms with van der Waals surface area (Å²) in [4.78, 5) is 34.1. The number of fused-ring (bicyclic) bond motifs is 1. The fraction of sp³-hybridized carbons (Fsp3) is 0.348. The second kappa shape index (κ2) is 10.4. The molecule has 9 nitrogen and oxygen atoms in total. The van der Waals surface area contributed by atoms with Crippen molar-refractivity contribution in [3.05, 3.63) is 40.6 Å². The van der Waals surface area contributed by atoms with E-state index in [9.17, 15) is 9.59 Å². The van der Waals surface area contributed by atoms with Crippen molar-refractivity contribution in [1.29, 1.82) is 0 Å². The van der Waals surface area contributed by atoms with Crippen LogP contribution in [-0.4, -0.2) is 39.2 Å². The standard InChI is InChI=1S/C23H24N4O5S/c1-13(2)30-8-6-7-27-21(19(24-5)20-22(27)23(33)26-12-25-20)16-9-17(31-14(3)28)11-18(10-16)32-15(4)29/h9-13H,6-8H2,1-4H3,(H,25,26,33). The largest absolute Gasteiger partial charge is 0.427 e. The Morgan fingerprint density at radius 1 is 1.18 bits per heavy atom. The normalized spacial score (nSPS) is 10.9. The van der Waals surface area contributed by atoms with Gasteiger partial charge >= 0.3 is 11.9 Å². The minimum atomic E-state index is -0.525. The zero-order valence-electron chi connectivity index (χ0n) is 18.8. The number of aromatic amines is 1. The topological polar surface area (TPSA) is 99.8 Å². The Morgan fingerprint density at radius 3 is 2.36 bits per heavy atom. The lowest BCUT2D eigenvalue weighted by atomic mass is 10.1. The number of nitrogens with zero attached hydrogens (tertiary/aromatic N) is 3. The summed E-state index contributed by atoms with van der Waals surface area (Å²) in [5, 5.41) is 0. The van der Waals surface area contributed by atoms with Gasteiger partial charge in [0.15, 0.2) is 4.64 Å². The van der Waals surface area contributed by atoms with Crippen molar-refractivity contribution < 1.29 is 23.8 Å². The molecule has 3 aromatic rings. The van der Waals surface area contributed by atoms with E-state index in [2.05, 4.69) is 14.8 Å². The van der Waals surface area contributed by atoms with E-state index < -0.39 is 11.9 Å². The summed E-state index contributed by atoms with van der Waals surface area (Å²) in [5.74, 6) is -0.674. The fourth-order valence-corrected chi connectivity index (χ4v) is 3.77. The van der Waals surface area contributed by atoms with E-state index in [1.54, 1.807) is 12.1 Å². The number of hydrogen-bond acceptors (Lipinski definition) is 7. The number of esters is 2. The lowest BCUT2D eigenvalue weighted by molar-refractivity contribution is -0.132. The van der Waals surface area contributed by atoms with Crippen LogP contribution in [0.4, 0.5) is 5.69 Å². The van der Waals surface area contributed by atoms with Crippen LogP contribution in [0.2, 0.25) is 0 Å². The van der Waals surface area contributed by atoms with E-state index in [1.807, 2.05) is 18.4 Å². The highest BCUT2D eigenvalue weighted by Gasteiger charge is 2.22. The number of aromatic nitrogens is 3. The molecule has 0 amide bonds. The zero-order valence-corrected chi connectivity index (χ0v) is 19.6. The van der Waals surface area contributed by atoms with Crippen LogP contribution in [-0.2, 0) is 20.9 Å². The number of carbonyl (C=O) groups is 2. The maximum atomic E-state index is 11.6. The van der Waals surface area contributed by atoms with E-state index in [1.165, 1.54) is 26.2 Å². The third-order valence-electron chi connectivity index (χ3n) is 4.60. The molecule has 10 heteroatoms. The molecule has 0 atom stereocenters. The van der Waals surface area contributed by atoms with Gasteiger partial charge in [0.25, 0.3) is 0 Å². The highest BCUT2D eigenvalue weighted by molar-refractivity contribution is 7.71. The molecule has 2 heterocycles. The Kier molecular flexibility index (Phi) is 7.58. The lowest BCUT2D eigenvalue weighted by Crippen LogP contribution is -2.09.